The third-order valence-electron chi connectivity index (χ3n) is 3.79. The van der Waals surface area contributed by atoms with Crippen molar-refractivity contribution in [1.29, 1.82) is 0 Å². The molecule has 152 valence electrons. The van der Waals surface area contributed by atoms with Gasteiger partial charge in [-0.25, -0.2) is 22.6 Å². The van der Waals surface area contributed by atoms with Crippen LogP contribution in [-0.2, 0) is 19.6 Å². The molecule has 1 heterocycles. The van der Waals surface area contributed by atoms with Crippen LogP contribution in [0.2, 0.25) is 5.02 Å². The quantitative estimate of drug-likeness (QED) is 0.652. The molecule has 1 aromatic heterocycles. The van der Waals surface area contributed by atoms with Gasteiger partial charge in [-0.3, -0.25) is 4.79 Å². The van der Waals surface area contributed by atoms with E-state index in [0.717, 1.165) is 6.07 Å². The summed E-state index contributed by atoms with van der Waals surface area (Å²) >= 11 is 5.90. The summed E-state index contributed by atoms with van der Waals surface area (Å²) in [7, 11) is -2.63. The maximum absolute atomic E-state index is 12.3. The van der Waals surface area contributed by atoms with Gasteiger partial charge in [0.1, 0.15) is 10.7 Å². The third-order valence-corrected chi connectivity index (χ3v) is 5.68. The smallest absolute Gasteiger partial charge is 0.338 e. The van der Waals surface area contributed by atoms with E-state index in [-0.39, 0.29) is 21.5 Å². The highest BCUT2D eigenvalue weighted by Gasteiger charge is 2.23. The number of hydrogen-bond donors (Lipinski definition) is 2. The lowest BCUT2D eigenvalue weighted by Gasteiger charge is -2.16. The predicted molar refractivity (Wildman–Crippen MR) is 104 cm³/mol. The van der Waals surface area contributed by atoms with E-state index in [1.165, 1.54) is 26.1 Å². The Kier molecular flexibility index (Phi) is 6.81. The van der Waals surface area contributed by atoms with Gasteiger partial charge in [0, 0.05) is 12.1 Å². The molecule has 0 aliphatic rings. The lowest BCUT2D eigenvalue weighted by atomic mass is 10.2. The second-order valence-electron chi connectivity index (χ2n) is 6.14. The van der Waals surface area contributed by atoms with Crippen LogP contribution in [0, 0.1) is 0 Å². The minimum atomic E-state index is -3.86. The number of aromatic nitrogens is 2. The molecule has 0 saturated heterocycles. The van der Waals surface area contributed by atoms with Crippen molar-refractivity contribution in [3.8, 4) is 0 Å². The Labute approximate surface area is 168 Å². The number of carbonyl (C=O) groups excluding carboxylic acids is 2. The Morgan fingerprint density at radius 1 is 1.21 bits per heavy atom. The van der Waals surface area contributed by atoms with Gasteiger partial charge in [-0.15, -0.1) is 0 Å². The molecule has 0 aliphatic carbocycles. The summed E-state index contributed by atoms with van der Waals surface area (Å²) in [6.45, 7) is 5.22. The second-order valence-corrected chi connectivity index (χ2v) is 8.41. The number of rotatable bonds is 7. The predicted octanol–water partition coefficient (Wildman–Crippen LogP) is 2.21. The minimum absolute atomic E-state index is 0.0322. The number of carbonyl (C=O) groups is 2. The van der Waals surface area contributed by atoms with Gasteiger partial charge in [0.2, 0.25) is 10.0 Å². The molecule has 0 aliphatic heterocycles. The lowest BCUT2D eigenvalue weighted by Crippen LogP contribution is -2.31. The molecule has 0 radical (unpaired) electrons. The van der Waals surface area contributed by atoms with Crippen LogP contribution in [0.4, 0.5) is 5.82 Å². The first-order valence-corrected chi connectivity index (χ1v) is 10.2. The van der Waals surface area contributed by atoms with Gasteiger partial charge in [0.25, 0.3) is 5.91 Å². The van der Waals surface area contributed by atoms with E-state index in [9.17, 15) is 18.0 Å². The summed E-state index contributed by atoms with van der Waals surface area (Å²) in [5.41, 5.74) is -0.0508. The maximum Gasteiger partial charge on any atom is 0.338 e. The van der Waals surface area contributed by atoms with E-state index in [1.807, 2.05) is 13.8 Å². The fourth-order valence-electron chi connectivity index (χ4n) is 2.28. The maximum atomic E-state index is 12.3. The Hall–Kier alpha value is -2.43. The van der Waals surface area contributed by atoms with E-state index in [1.54, 1.807) is 16.9 Å². The standard InChI is InChI=1S/C17H21ClN4O5S/c1-10(2)22-15(7-8-20-22)21-16(23)11(3)27-17(24)12-5-6-13(18)14(9-12)28(25,26)19-4/h5-11,19H,1-4H3,(H,21,23). The molecule has 1 amide bonds. The van der Waals surface area contributed by atoms with Crippen LogP contribution in [0.15, 0.2) is 35.4 Å². The molecule has 1 unspecified atom stereocenters. The van der Waals surface area contributed by atoms with Crippen molar-refractivity contribution in [2.45, 2.75) is 37.8 Å². The monoisotopic (exact) mass is 428 g/mol. The zero-order valence-electron chi connectivity index (χ0n) is 15.8. The molecule has 2 aromatic rings. The SMILES string of the molecule is CNS(=O)(=O)c1cc(C(=O)OC(C)C(=O)Nc2ccnn2C(C)C)ccc1Cl. The number of benzene rings is 1. The van der Waals surface area contributed by atoms with Crippen molar-refractivity contribution in [3.05, 3.63) is 41.0 Å². The van der Waals surface area contributed by atoms with E-state index in [2.05, 4.69) is 15.1 Å². The normalized spacial score (nSPS) is 12.6. The van der Waals surface area contributed by atoms with Gasteiger partial charge >= 0.3 is 5.97 Å². The fourth-order valence-corrected chi connectivity index (χ4v) is 3.53. The average molecular weight is 429 g/mol. The van der Waals surface area contributed by atoms with E-state index in [0.29, 0.717) is 5.82 Å². The molecule has 0 bridgehead atoms. The average Bonchev–Trinajstić information content (AvgIpc) is 3.10. The molecule has 0 saturated carbocycles. The van der Waals surface area contributed by atoms with E-state index in [4.69, 9.17) is 16.3 Å². The fraction of sp³-hybridized carbons (Fsp3) is 0.353. The molecular weight excluding hydrogens is 408 g/mol. The van der Waals surface area contributed by atoms with Crippen LogP contribution >= 0.6 is 11.6 Å². The van der Waals surface area contributed by atoms with Crippen molar-refractivity contribution in [2.75, 3.05) is 12.4 Å². The summed E-state index contributed by atoms with van der Waals surface area (Å²) in [4.78, 5) is 24.4. The number of halogens is 1. The topological polar surface area (TPSA) is 119 Å². The van der Waals surface area contributed by atoms with Crippen LogP contribution in [-0.4, -0.2) is 43.2 Å². The van der Waals surface area contributed by atoms with Crippen molar-refractivity contribution >= 4 is 39.3 Å². The van der Waals surface area contributed by atoms with Crippen LogP contribution in [0.25, 0.3) is 0 Å². The molecule has 2 N–H and O–H groups in total. The molecule has 2 rings (SSSR count). The lowest BCUT2D eigenvalue weighted by molar-refractivity contribution is -0.123. The van der Waals surface area contributed by atoms with Gasteiger partial charge < -0.3 is 10.1 Å². The Morgan fingerprint density at radius 2 is 1.89 bits per heavy atom. The first-order chi connectivity index (χ1) is 13.1. The number of nitrogens with one attached hydrogen (secondary N) is 2. The summed E-state index contributed by atoms with van der Waals surface area (Å²) in [5.74, 6) is -0.936. The van der Waals surface area contributed by atoms with Crippen molar-refractivity contribution < 1.29 is 22.7 Å². The number of anilines is 1. The van der Waals surface area contributed by atoms with Crippen LogP contribution in [0.1, 0.15) is 37.2 Å². The molecule has 28 heavy (non-hydrogen) atoms. The molecule has 1 atom stereocenters. The molecule has 11 heteroatoms. The largest absolute Gasteiger partial charge is 0.449 e. The minimum Gasteiger partial charge on any atom is -0.449 e. The number of nitrogens with zero attached hydrogens (tertiary/aromatic N) is 2. The van der Waals surface area contributed by atoms with Gasteiger partial charge in [-0.05, 0) is 46.0 Å². The van der Waals surface area contributed by atoms with Gasteiger partial charge in [-0.2, -0.15) is 5.10 Å². The molecule has 1 aromatic carbocycles. The highest BCUT2D eigenvalue weighted by molar-refractivity contribution is 7.89. The first-order valence-electron chi connectivity index (χ1n) is 8.35. The molecule has 0 spiro atoms. The molecule has 9 nitrogen and oxygen atoms in total. The number of amides is 1. The number of ether oxygens (including phenoxy) is 1. The van der Waals surface area contributed by atoms with Gasteiger partial charge in [-0.1, -0.05) is 11.6 Å². The Morgan fingerprint density at radius 3 is 2.50 bits per heavy atom. The van der Waals surface area contributed by atoms with Crippen molar-refractivity contribution in [1.82, 2.24) is 14.5 Å². The van der Waals surface area contributed by atoms with Crippen LogP contribution < -0.4 is 10.0 Å². The number of sulfonamides is 1. The second kappa shape index (κ2) is 8.72. The van der Waals surface area contributed by atoms with Crippen molar-refractivity contribution in [2.24, 2.45) is 0 Å². The Balaban J connectivity index is 2.13. The summed E-state index contributed by atoms with van der Waals surface area (Å²) in [5, 5.41) is 6.70. The molecule has 0 fully saturated rings. The Bertz CT molecular complexity index is 987. The molecular formula is C17H21ClN4O5S. The van der Waals surface area contributed by atoms with Crippen LogP contribution in [0.3, 0.4) is 0 Å². The number of hydrogen-bond acceptors (Lipinski definition) is 6. The summed E-state index contributed by atoms with van der Waals surface area (Å²) < 4.78 is 32.8. The zero-order valence-corrected chi connectivity index (χ0v) is 17.3. The highest BCUT2D eigenvalue weighted by atomic mass is 35.5. The number of esters is 1. The zero-order chi connectivity index (χ0) is 21.1. The third kappa shape index (κ3) is 4.89. The highest BCUT2D eigenvalue weighted by Crippen LogP contribution is 2.23. The van der Waals surface area contributed by atoms with Gasteiger partial charge in [0.15, 0.2) is 6.10 Å². The van der Waals surface area contributed by atoms with E-state index >= 15 is 0 Å². The summed E-state index contributed by atoms with van der Waals surface area (Å²) in [6, 6.07) is 5.34. The first kappa shape index (κ1) is 21.9. The van der Waals surface area contributed by atoms with Crippen LogP contribution in [0.5, 0.6) is 0 Å². The van der Waals surface area contributed by atoms with Gasteiger partial charge in [0.05, 0.1) is 16.8 Å². The van der Waals surface area contributed by atoms with E-state index < -0.39 is 28.0 Å². The van der Waals surface area contributed by atoms with Crippen molar-refractivity contribution in [3.63, 3.8) is 0 Å². The summed E-state index contributed by atoms with van der Waals surface area (Å²) in [6.07, 6.45) is 0.423.